The van der Waals surface area contributed by atoms with Crippen molar-refractivity contribution in [3.8, 4) is 17.6 Å². The van der Waals surface area contributed by atoms with Crippen LogP contribution in [-0.4, -0.2) is 50.5 Å². The van der Waals surface area contributed by atoms with Gasteiger partial charge in [-0.05, 0) is 18.9 Å². The molecule has 3 aromatic heterocycles. The molecule has 10 heteroatoms. The van der Waals surface area contributed by atoms with Crippen molar-refractivity contribution in [2.24, 2.45) is 0 Å². The van der Waals surface area contributed by atoms with Gasteiger partial charge in [-0.15, -0.1) is 0 Å². The van der Waals surface area contributed by atoms with Crippen LogP contribution in [0.25, 0.3) is 27.8 Å². The Morgan fingerprint density at radius 2 is 1.74 bits per heavy atom. The number of fused-ring (bicyclic) bond motifs is 3. The van der Waals surface area contributed by atoms with E-state index in [-0.39, 0.29) is 11.8 Å². The Balaban J connectivity index is 1.83. The Kier molecular flexibility index (Phi) is 5.59. The molecule has 0 saturated heterocycles. The molecule has 0 aliphatic rings. The smallest absolute Gasteiger partial charge is 0.208 e. The van der Waals surface area contributed by atoms with Gasteiger partial charge in [0.15, 0.2) is 17.6 Å². The first-order valence-corrected chi connectivity index (χ1v) is 12.0. The minimum atomic E-state index is -3.20. The zero-order valence-electron chi connectivity index (χ0n) is 17.4. The first kappa shape index (κ1) is 21.1. The van der Waals surface area contributed by atoms with E-state index in [1.165, 1.54) is 16.7 Å². The number of pyridine rings is 1. The van der Waals surface area contributed by atoms with Crippen LogP contribution in [0.2, 0.25) is 0 Å². The van der Waals surface area contributed by atoms with Crippen LogP contribution < -0.4 is 4.72 Å². The zero-order chi connectivity index (χ0) is 22.2. The predicted octanol–water partition coefficient (Wildman–Crippen LogP) is 2.68. The van der Waals surface area contributed by atoms with Gasteiger partial charge < -0.3 is 14.8 Å². The Morgan fingerprint density at radius 1 is 1.03 bits per heavy atom. The molecule has 9 nitrogen and oxygen atoms in total. The van der Waals surface area contributed by atoms with Crippen LogP contribution in [0.15, 0.2) is 36.4 Å². The van der Waals surface area contributed by atoms with Gasteiger partial charge in [-0.2, -0.15) is 0 Å². The van der Waals surface area contributed by atoms with Gasteiger partial charge in [0.25, 0.3) is 0 Å². The van der Waals surface area contributed by atoms with Crippen LogP contribution in [0.1, 0.15) is 25.6 Å². The highest BCUT2D eigenvalue weighted by atomic mass is 32.2. The molecule has 4 aromatic rings. The molecule has 0 fully saturated rings. The average Bonchev–Trinajstić information content (AvgIpc) is 3.26. The Morgan fingerprint density at radius 3 is 2.42 bits per heavy atom. The minimum Gasteiger partial charge on any atom is -0.494 e. The molecule has 3 N–H and O–H groups in total. The number of nitrogens with zero attached hydrogens (tertiary/aromatic N) is 4. The molecule has 0 aliphatic carbocycles. The Labute approximate surface area is 180 Å². The van der Waals surface area contributed by atoms with E-state index in [0.29, 0.717) is 37.3 Å². The molecule has 4 rings (SSSR count). The molecule has 0 amide bonds. The quantitative estimate of drug-likeness (QED) is 0.360. The average molecular weight is 444 g/mol. The first-order valence-electron chi connectivity index (χ1n) is 10.1. The number of para-hydroxylation sites is 1. The third-order valence-electron chi connectivity index (χ3n) is 5.18. The van der Waals surface area contributed by atoms with Crippen LogP contribution in [0, 0.1) is 0 Å². The maximum absolute atomic E-state index is 11.3. The number of rotatable bonds is 8. The highest BCUT2D eigenvalue weighted by Gasteiger charge is 2.21. The fraction of sp³-hybridized carbons (Fsp3) is 0.333. The number of aromatic hydroxyl groups is 2. The lowest BCUT2D eigenvalue weighted by atomic mass is 10.1. The van der Waals surface area contributed by atoms with Gasteiger partial charge in [0.2, 0.25) is 10.0 Å². The van der Waals surface area contributed by atoms with E-state index in [0.717, 1.165) is 34.9 Å². The van der Waals surface area contributed by atoms with E-state index in [1.807, 2.05) is 31.2 Å². The van der Waals surface area contributed by atoms with Crippen LogP contribution >= 0.6 is 0 Å². The second-order valence-electron chi connectivity index (χ2n) is 7.44. The molecule has 164 valence electrons. The van der Waals surface area contributed by atoms with Gasteiger partial charge >= 0.3 is 0 Å². The van der Waals surface area contributed by atoms with Crippen LogP contribution in [0.3, 0.4) is 0 Å². The van der Waals surface area contributed by atoms with Gasteiger partial charge in [0, 0.05) is 37.0 Å². The van der Waals surface area contributed by atoms with E-state index in [2.05, 4.69) is 14.3 Å². The van der Waals surface area contributed by atoms with Gasteiger partial charge in [0.1, 0.15) is 11.3 Å². The lowest BCUT2D eigenvalue weighted by Gasteiger charge is -2.12. The second kappa shape index (κ2) is 8.20. The molecule has 0 bridgehead atoms. The van der Waals surface area contributed by atoms with Crippen LogP contribution in [0.4, 0.5) is 0 Å². The molecule has 0 spiro atoms. The maximum atomic E-state index is 11.3. The summed E-state index contributed by atoms with van der Waals surface area (Å²) in [5.74, 6) is 0.972. The highest BCUT2D eigenvalue weighted by molar-refractivity contribution is 7.88. The minimum absolute atomic E-state index is 0.124. The fourth-order valence-electron chi connectivity index (χ4n) is 3.82. The number of hydrogen-bond donors (Lipinski definition) is 3. The zero-order valence-corrected chi connectivity index (χ0v) is 18.2. The predicted molar refractivity (Wildman–Crippen MR) is 119 cm³/mol. The van der Waals surface area contributed by atoms with Crippen molar-refractivity contribution in [3.63, 3.8) is 0 Å². The number of unbranched alkanes of at least 4 members (excludes halogenated alkanes) is 1. The summed E-state index contributed by atoms with van der Waals surface area (Å²) >= 11 is 0. The molecule has 0 atom stereocenters. The molecule has 0 aliphatic heterocycles. The monoisotopic (exact) mass is 443 g/mol. The summed E-state index contributed by atoms with van der Waals surface area (Å²) in [5.41, 5.74) is 2.19. The number of hydrogen-bond acceptors (Lipinski definition) is 6. The number of imidazole rings is 1. The van der Waals surface area contributed by atoms with Crippen molar-refractivity contribution < 1.29 is 18.6 Å². The number of aryl methyl sites for hydroxylation is 2. The molecular formula is C21H25N5O4S. The summed E-state index contributed by atoms with van der Waals surface area (Å²) in [7, 11) is -3.20. The molecule has 0 saturated carbocycles. The SMILES string of the molecule is CCc1nc2c(-n3c(O)ccc3O)nc3ccccc3c2n1CCCCNS(C)(=O)=O. The van der Waals surface area contributed by atoms with Crippen molar-refractivity contribution >= 4 is 32.0 Å². The van der Waals surface area contributed by atoms with Gasteiger partial charge in [-0.3, -0.25) is 0 Å². The van der Waals surface area contributed by atoms with Gasteiger partial charge in [-0.25, -0.2) is 27.7 Å². The highest BCUT2D eigenvalue weighted by Crippen LogP contribution is 2.34. The second-order valence-corrected chi connectivity index (χ2v) is 9.27. The molecule has 3 heterocycles. The van der Waals surface area contributed by atoms with Crippen molar-refractivity contribution in [3.05, 3.63) is 42.2 Å². The summed E-state index contributed by atoms with van der Waals surface area (Å²) < 4.78 is 28.5. The summed E-state index contributed by atoms with van der Waals surface area (Å²) in [6.45, 7) is 3.05. The Bertz CT molecular complexity index is 1340. The van der Waals surface area contributed by atoms with E-state index < -0.39 is 10.0 Å². The topological polar surface area (TPSA) is 122 Å². The van der Waals surface area contributed by atoms with E-state index in [1.54, 1.807) is 0 Å². The van der Waals surface area contributed by atoms with Crippen molar-refractivity contribution in [2.75, 3.05) is 12.8 Å². The lowest BCUT2D eigenvalue weighted by Crippen LogP contribution is -2.23. The van der Waals surface area contributed by atoms with E-state index >= 15 is 0 Å². The van der Waals surface area contributed by atoms with Crippen molar-refractivity contribution in [1.82, 2.24) is 23.8 Å². The number of sulfonamides is 1. The molecule has 1 aromatic carbocycles. The van der Waals surface area contributed by atoms with Crippen molar-refractivity contribution in [1.29, 1.82) is 0 Å². The third-order valence-corrected chi connectivity index (χ3v) is 5.91. The normalized spacial score (nSPS) is 12.2. The van der Waals surface area contributed by atoms with Crippen LogP contribution in [-0.2, 0) is 23.0 Å². The standard InChI is InChI=1S/C21H25N5O4S/c1-3-16-24-19-20(25(16)13-7-6-12-22-31(2,29)30)14-8-4-5-9-15(14)23-21(19)26-17(27)10-11-18(26)28/h4-5,8-11,22,27-28H,3,6-7,12-13H2,1-2H3. The number of benzene rings is 1. The number of nitrogens with one attached hydrogen (secondary N) is 1. The van der Waals surface area contributed by atoms with Gasteiger partial charge in [0.05, 0.1) is 17.3 Å². The van der Waals surface area contributed by atoms with Crippen LogP contribution in [0.5, 0.6) is 11.8 Å². The Hall–Kier alpha value is -3.11. The largest absolute Gasteiger partial charge is 0.494 e. The molecule has 0 unspecified atom stereocenters. The summed E-state index contributed by atoms with van der Waals surface area (Å²) in [4.78, 5) is 9.49. The summed E-state index contributed by atoms with van der Waals surface area (Å²) in [6.07, 6.45) is 3.28. The molecule has 0 radical (unpaired) electrons. The summed E-state index contributed by atoms with van der Waals surface area (Å²) in [5, 5.41) is 21.5. The lowest BCUT2D eigenvalue weighted by molar-refractivity contribution is 0.401. The van der Waals surface area contributed by atoms with E-state index in [4.69, 9.17) is 4.98 Å². The first-order chi connectivity index (χ1) is 14.8. The molecular weight excluding hydrogens is 418 g/mol. The number of aromatic nitrogens is 4. The van der Waals surface area contributed by atoms with Crippen molar-refractivity contribution in [2.45, 2.75) is 32.7 Å². The van der Waals surface area contributed by atoms with E-state index in [9.17, 15) is 18.6 Å². The maximum Gasteiger partial charge on any atom is 0.208 e. The van der Waals surface area contributed by atoms with Gasteiger partial charge in [-0.1, -0.05) is 25.1 Å². The summed E-state index contributed by atoms with van der Waals surface area (Å²) in [6, 6.07) is 10.5. The fourth-order valence-corrected chi connectivity index (χ4v) is 4.33. The third kappa shape index (κ3) is 4.08. The molecule has 31 heavy (non-hydrogen) atoms.